The van der Waals surface area contributed by atoms with Gasteiger partial charge in [0, 0.05) is 32.0 Å². The van der Waals surface area contributed by atoms with E-state index in [1.54, 1.807) is 7.11 Å². The number of nitrogens with two attached hydrogens (primary N) is 1. The van der Waals surface area contributed by atoms with Crippen LogP contribution in [0.25, 0.3) is 0 Å². The summed E-state index contributed by atoms with van der Waals surface area (Å²) in [5.41, 5.74) is 7.26. The summed E-state index contributed by atoms with van der Waals surface area (Å²) in [6.45, 7) is 2.72. The summed E-state index contributed by atoms with van der Waals surface area (Å²) in [5.74, 6) is 0.109. The normalized spacial score (nSPS) is 13.5. The number of hydrogen-bond donors (Lipinski definition) is 2. The molecule has 0 radical (unpaired) electrons. The lowest BCUT2D eigenvalue weighted by Gasteiger charge is -2.24. The van der Waals surface area contributed by atoms with Gasteiger partial charge in [-0.1, -0.05) is 17.3 Å². The Bertz CT molecular complexity index is 393. The van der Waals surface area contributed by atoms with Gasteiger partial charge in [-0.2, -0.15) is 0 Å². The molecule has 0 aliphatic carbocycles. The fourth-order valence-electron chi connectivity index (χ4n) is 1.64. The number of nitrogens with zero attached hydrogens (tertiary/aromatic N) is 2. The van der Waals surface area contributed by atoms with Crippen LogP contribution in [0.5, 0.6) is 0 Å². The van der Waals surface area contributed by atoms with Gasteiger partial charge in [0.25, 0.3) is 0 Å². The maximum atomic E-state index is 8.74. The third kappa shape index (κ3) is 3.35. The van der Waals surface area contributed by atoms with Gasteiger partial charge in [-0.3, -0.25) is 0 Å². The van der Waals surface area contributed by atoms with Gasteiger partial charge in [0.15, 0.2) is 5.84 Å². The number of rotatable bonds is 5. The Morgan fingerprint density at radius 1 is 1.53 bits per heavy atom. The van der Waals surface area contributed by atoms with Crippen molar-refractivity contribution in [1.82, 2.24) is 0 Å². The molecule has 0 spiro atoms. The lowest BCUT2D eigenvalue weighted by Crippen LogP contribution is -2.30. The van der Waals surface area contributed by atoms with Gasteiger partial charge in [0.1, 0.15) is 0 Å². The largest absolute Gasteiger partial charge is 0.409 e. The molecule has 17 heavy (non-hydrogen) atoms. The highest BCUT2D eigenvalue weighted by Crippen LogP contribution is 2.19. The first-order valence-corrected chi connectivity index (χ1v) is 5.41. The highest BCUT2D eigenvalue weighted by Gasteiger charge is 2.12. The number of hydrogen-bond acceptors (Lipinski definition) is 4. The minimum Gasteiger partial charge on any atom is -0.409 e. The predicted octanol–water partition coefficient (Wildman–Crippen LogP) is 1.25. The predicted molar refractivity (Wildman–Crippen MR) is 68.7 cm³/mol. The standard InChI is InChI=1S/C12H19N3O2/c1-9(17-3)8-15(2)11-7-5-4-6-10(11)12(13)14-16/h4-7,9,16H,8H2,1-3H3,(H2,13,14). The molecule has 0 aliphatic rings. The number of ether oxygens (including phenoxy) is 1. The maximum absolute atomic E-state index is 8.74. The van der Waals surface area contributed by atoms with Gasteiger partial charge in [-0.15, -0.1) is 0 Å². The summed E-state index contributed by atoms with van der Waals surface area (Å²) in [6, 6.07) is 7.51. The minimum atomic E-state index is 0.109. The van der Waals surface area contributed by atoms with E-state index in [4.69, 9.17) is 15.7 Å². The average Bonchev–Trinajstić information content (AvgIpc) is 2.37. The lowest BCUT2D eigenvalue weighted by molar-refractivity contribution is 0.124. The third-order valence-corrected chi connectivity index (χ3v) is 2.63. The number of methoxy groups -OCH3 is 1. The fourth-order valence-corrected chi connectivity index (χ4v) is 1.64. The second-order valence-corrected chi connectivity index (χ2v) is 3.93. The summed E-state index contributed by atoms with van der Waals surface area (Å²) in [7, 11) is 3.62. The number of para-hydroxylation sites is 1. The van der Waals surface area contributed by atoms with E-state index in [-0.39, 0.29) is 11.9 Å². The quantitative estimate of drug-likeness (QED) is 0.350. The molecule has 1 rings (SSSR count). The van der Waals surface area contributed by atoms with Crippen LogP contribution in [0.3, 0.4) is 0 Å². The van der Waals surface area contributed by atoms with Crippen LogP contribution >= 0.6 is 0 Å². The Morgan fingerprint density at radius 2 is 2.18 bits per heavy atom. The van der Waals surface area contributed by atoms with E-state index in [1.807, 2.05) is 43.1 Å². The van der Waals surface area contributed by atoms with E-state index in [0.717, 1.165) is 12.2 Å². The van der Waals surface area contributed by atoms with Gasteiger partial charge >= 0.3 is 0 Å². The monoisotopic (exact) mass is 237 g/mol. The third-order valence-electron chi connectivity index (χ3n) is 2.63. The second-order valence-electron chi connectivity index (χ2n) is 3.93. The van der Waals surface area contributed by atoms with Crippen molar-refractivity contribution in [1.29, 1.82) is 0 Å². The van der Waals surface area contributed by atoms with Crippen molar-refractivity contribution in [2.24, 2.45) is 10.9 Å². The van der Waals surface area contributed by atoms with E-state index in [2.05, 4.69) is 5.16 Å². The van der Waals surface area contributed by atoms with Crippen LogP contribution in [0.15, 0.2) is 29.4 Å². The molecular formula is C12H19N3O2. The van der Waals surface area contributed by atoms with Crippen molar-refractivity contribution < 1.29 is 9.94 Å². The SMILES string of the molecule is COC(C)CN(C)c1ccccc1/C(N)=N/O. The van der Waals surface area contributed by atoms with E-state index in [9.17, 15) is 0 Å². The summed E-state index contributed by atoms with van der Waals surface area (Å²) in [6.07, 6.45) is 0.111. The van der Waals surface area contributed by atoms with Gasteiger partial charge in [-0.05, 0) is 19.1 Å². The molecule has 0 heterocycles. The first-order chi connectivity index (χ1) is 8.10. The Kier molecular flexibility index (Phi) is 4.78. The van der Waals surface area contributed by atoms with Crippen LogP contribution in [0, 0.1) is 0 Å². The van der Waals surface area contributed by atoms with E-state index < -0.39 is 0 Å². The molecule has 0 fully saturated rings. The van der Waals surface area contributed by atoms with Gasteiger partial charge < -0.3 is 20.6 Å². The Labute approximate surface area is 101 Å². The summed E-state index contributed by atoms with van der Waals surface area (Å²) in [4.78, 5) is 2.02. The van der Waals surface area contributed by atoms with E-state index in [1.165, 1.54) is 0 Å². The van der Waals surface area contributed by atoms with Crippen molar-refractivity contribution in [2.75, 3.05) is 25.6 Å². The molecule has 0 saturated carbocycles. The van der Waals surface area contributed by atoms with Crippen LogP contribution in [0.2, 0.25) is 0 Å². The molecule has 0 amide bonds. The molecule has 1 aromatic carbocycles. The maximum Gasteiger partial charge on any atom is 0.172 e. The van der Waals surface area contributed by atoms with E-state index >= 15 is 0 Å². The molecule has 1 aromatic rings. The van der Waals surface area contributed by atoms with Crippen molar-refractivity contribution in [2.45, 2.75) is 13.0 Å². The zero-order valence-electron chi connectivity index (χ0n) is 10.4. The zero-order valence-corrected chi connectivity index (χ0v) is 10.4. The fraction of sp³-hybridized carbons (Fsp3) is 0.417. The molecule has 1 unspecified atom stereocenters. The van der Waals surface area contributed by atoms with Crippen LogP contribution in [0.1, 0.15) is 12.5 Å². The molecular weight excluding hydrogens is 218 g/mol. The summed E-state index contributed by atoms with van der Waals surface area (Å²) >= 11 is 0. The van der Waals surface area contributed by atoms with Crippen molar-refractivity contribution in [3.05, 3.63) is 29.8 Å². The van der Waals surface area contributed by atoms with Crippen LogP contribution < -0.4 is 10.6 Å². The summed E-state index contributed by atoms with van der Waals surface area (Å²) in [5, 5.41) is 11.8. The molecule has 94 valence electrons. The zero-order chi connectivity index (χ0) is 12.8. The van der Waals surface area contributed by atoms with Crippen LogP contribution in [-0.2, 0) is 4.74 Å². The first kappa shape index (κ1) is 13.3. The molecule has 0 saturated heterocycles. The molecule has 5 heteroatoms. The van der Waals surface area contributed by atoms with Gasteiger partial charge in [-0.25, -0.2) is 0 Å². The topological polar surface area (TPSA) is 71.1 Å². The number of amidine groups is 1. The Hall–Kier alpha value is -1.75. The first-order valence-electron chi connectivity index (χ1n) is 5.41. The van der Waals surface area contributed by atoms with Crippen molar-refractivity contribution >= 4 is 11.5 Å². The van der Waals surface area contributed by atoms with Gasteiger partial charge in [0.2, 0.25) is 0 Å². The molecule has 0 bridgehead atoms. The second kappa shape index (κ2) is 6.10. The number of likely N-dealkylation sites (N-methyl/N-ethyl adjacent to an activating group) is 1. The smallest absolute Gasteiger partial charge is 0.172 e. The Balaban J connectivity index is 2.97. The number of benzene rings is 1. The number of oxime groups is 1. The Morgan fingerprint density at radius 3 is 2.76 bits per heavy atom. The van der Waals surface area contributed by atoms with Gasteiger partial charge in [0.05, 0.1) is 6.10 Å². The molecule has 5 nitrogen and oxygen atoms in total. The molecule has 0 aliphatic heterocycles. The van der Waals surface area contributed by atoms with Crippen molar-refractivity contribution in [3.63, 3.8) is 0 Å². The highest BCUT2D eigenvalue weighted by atomic mass is 16.5. The molecule has 0 aromatic heterocycles. The van der Waals surface area contributed by atoms with Crippen molar-refractivity contribution in [3.8, 4) is 0 Å². The molecule has 3 N–H and O–H groups in total. The number of anilines is 1. The van der Waals surface area contributed by atoms with E-state index in [0.29, 0.717) is 5.56 Å². The molecule has 1 atom stereocenters. The summed E-state index contributed by atoms with van der Waals surface area (Å²) < 4.78 is 5.22. The van der Waals surface area contributed by atoms with Crippen LogP contribution in [-0.4, -0.2) is 37.8 Å². The highest BCUT2D eigenvalue weighted by molar-refractivity contribution is 6.02. The lowest BCUT2D eigenvalue weighted by atomic mass is 10.1. The van der Waals surface area contributed by atoms with Crippen LogP contribution in [0.4, 0.5) is 5.69 Å². The average molecular weight is 237 g/mol. The minimum absolute atomic E-state index is 0.109.